The first-order valence-corrected chi connectivity index (χ1v) is 6.79. The standard InChI is InChI=1S/C16H19ClN2/c1-4-12-5-7-13(8-6-12)19(3)16-10-14(17)15(18)9-11(16)2/h5-10H,4,18H2,1-3H3. The maximum absolute atomic E-state index is 6.11. The fourth-order valence-electron chi connectivity index (χ4n) is 2.15. The maximum Gasteiger partial charge on any atom is 0.0656 e. The molecule has 0 spiro atoms. The molecule has 0 saturated heterocycles. The quantitative estimate of drug-likeness (QED) is 0.832. The first-order valence-electron chi connectivity index (χ1n) is 6.41. The van der Waals surface area contributed by atoms with Gasteiger partial charge in [0.05, 0.1) is 10.7 Å². The molecule has 0 aliphatic carbocycles. The minimum Gasteiger partial charge on any atom is -0.398 e. The van der Waals surface area contributed by atoms with Crippen molar-refractivity contribution < 1.29 is 0 Å². The van der Waals surface area contributed by atoms with E-state index in [1.54, 1.807) is 0 Å². The number of anilines is 3. The van der Waals surface area contributed by atoms with Gasteiger partial charge < -0.3 is 10.6 Å². The largest absolute Gasteiger partial charge is 0.398 e. The molecule has 0 aliphatic rings. The Hall–Kier alpha value is -1.67. The van der Waals surface area contributed by atoms with E-state index in [0.717, 1.165) is 23.4 Å². The highest BCUT2D eigenvalue weighted by atomic mass is 35.5. The van der Waals surface area contributed by atoms with Crippen molar-refractivity contribution in [2.45, 2.75) is 20.3 Å². The van der Waals surface area contributed by atoms with Gasteiger partial charge in [-0.15, -0.1) is 0 Å². The highest BCUT2D eigenvalue weighted by Crippen LogP contribution is 2.32. The number of hydrogen-bond donors (Lipinski definition) is 1. The van der Waals surface area contributed by atoms with E-state index >= 15 is 0 Å². The monoisotopic (exact) mass is 274 g/mol. The van der Waals surface area contributed by atoms with Crippen LogP contribution in [0.15, 0.2) is 36.4 Å². The van der Waals surface area contributed by atoms with E-state index < -0.39 is 0 Å². The van der Waals surface area contributed by atoms with Gasteiger partial charge in [0, 0.05) is 18.4 Å². The van der Waals surface area contributed by atoms with Gasteiger partial charge in [0.15, 0.2) is 0 Å². The third-order valence-corrected chi connectivity index (χ3v) is 3.74. The van der Waals surface area contributed by atoms with E-state index in [1.165, 1.54) is 5.56 Å². The van der Waals surface area contributed by atoms with Crippen LogP contribution in [-0.2, 0) is 6.42 Å². The lowest BCUT2D eigenvalue weighted by Gasteiger charge is -2.22. The van der Waals surface area contributed by atoms with Gasteiger partial charge in [0.2, 0.25) is 0 Å². The zero-order chi connectivity index (χ0) is 14.0. The Morgan fingerprint density at radius 1 is 1.16 bits per heavy atom. The Morgan fingerprint density at radius 2 is 1.79 bits per heavy atom. The molecule has 0 aliphatic heterocycles. The second-order valence-corrected chi connectivity index (χ2v) is 5.15. The number of benzene rings is 2. The molecule has 0 saturated carbocycles. The van der Waals surface area contributed by atoms with Gasteiger partial charge in [0.1, 0.15) is 0 Å². The molecule has 2 rings (SSSR count). The molecular weight excluding hydrogens is 256 g/mol. The summed E-state index contributed by atoms with van der Waals surface area (Å²) in [5.74, 6) is 0. The minimum atomic E-state index is 0.595. The topological polar surface area (TPSA) is 29.3 Å². The van der Waals surface area contributed by atoms with Crippen LogP contribution < -0.4 is 10.6 Å². The number of nitrogens with two attached hydrogens (primary N) is 1. The third-order valence-electron chi connectivity index (χ3n) is 3.41. The first-order chi connectivity index (χ1) is 9.02. The van der Waals surface area contributed by atoms with Gasteiger partial charge in [-0.1, -0.05) is 30.7 Å². The highest BCUT2D eigenvalue weighted by molar-refractivity contribution is 6.33. The molecule has 0 unspecified atom stereocenters. The van der Waals surface area contributed by atoms with Crippen molar-refractivity contribution in [2.24, 2.45) is 0 Å². The summed E-state index contributed by atoms with van der Waals surface area (Å²) in [5, 5.41) is 0.595. The molecule has 0 aromatic heterocycles. The zero-order valence-corrected chi connectivity index (χ0v) is 12.3. The van der Waals surface area contributed by atoms with Crippen molar-refractivity contribution in [1.29, 1.82) is 0 Å². The maximum atomic E-state index is 6.11. The number of hydrogen-bond acceptors (Lipinski definition) is 2. The molecule has 0 bridgehead atoms. The van der Waals surface area contributed by atoms with Crippen LogP contribution in [0.2, 0.25) is 5.02 Å². The van der Waals surface area contributed by atoms with E-state index in [2.05, 4.69) is 36.1 Å². The lowest BCUT2D eigenvalue weighted by atomic mass is 10.1. The Bertz CT molecular complexity index is 576. The number of nitrogen functional groups attached to an aromatic ring is 1. The fraction of sp³-hybridized carbons (Fsp3) is 0.250. The van der Waals surface area contributed by atoms with Crippen LogP contribution in [0.25, 0.3) is 0 Å². The molecule has 100 valence electrons. The second kappa shape index (κ2) is 5.54. The first kappa shape index (κ1) is 13.8. The average molecular weight is 275 g/mol. The van der Waals surface area contributed by atoms with E-state index in [1.807, 2.05) is 26.1 Å². The van der Waals surface area contributed by atoms with Gasteiger partial charge in [-0.3, -0.25) is 0 Å². The van der Waals surface area contributed by atoms with Gasteiger partial charge in [-0.05, 0) is 48.7 Å². The molecule has 0 amide bonds. The van der Waals surface area contributed by atoms with Crippen molar-refractivity contribution in [3.8, 4) is 0 Å². The van der Waals surface area contributed by atoms with Gasteiger partial charge in [0.25, 0.3) is 0 Å². The van der Waals surface area contributed by atoms with Gasteiger partial charge >= 0.3 is 0 Å². The Kier molecular flexibility index (Phi) is 4.01. The van der Waals surface area contributed by atoms with Gasteiger partial charge in [-0.2, -0.15) is 0 Å². The van der Waals surface area contributed by atoms with Crippen molar-refractivity contribution in [2.75, 3.05) is 17.7 Å². The Balaban J connectivity index is 2.37. The van der Waals surface area contributed by atoms with Crippen molar-refractivity contribution >= 4 is 28.7 Å². The zero-order valence-electron chi connectivity index (χ0n) is 11.6. The number of halogens is 1. The van der Waals surface area contributed by atoms with Crippen LogP contribution in [0, 0.1) is 6.92 Å². The molecule has 0 fully saturated rings. The van der Waals surface area contributed by atoms with Crippen LogP contribution in [0.1, 0.15) is 18.1 Å². The minimum absolute atomic E-state index is 0.595. The number of rotatable bonds is 3. The van der Waals surface area contributed by atoms with Crippen LogP contribution in [0.4, 0.5) is 17.1 Å². The molecule has 2 nitrogen and oxygen atoms in total. The van der Waals surface area contributed by atoms with Gasteiger partial charge in [-0.25, -0.2) is 0 Å². The molecule has 2 aromatic carbocycles. The predicted octanol–water partition coefficient (Wildman–Crippen LogP) is 4.56. The Morgan fingerprint density at radius 3 is 2.37 bits per heavy atom. The number of aryl methyl sites for hydroxylation is 2. The fourth-order valence-corrected chi connectivity index (χ4v) is 2.31. The van der Waals surface area contributed by atoms with Crippen LogP contribution in [0.3, 0.4) is 0 Å². The molecule has 0 heterocycles. The van der Waals surface area contributed by atoms with Crippen molar-refractivity contribution in [3.05, 3.63) is 52.5 Å². The van der Waals surface area contributed by atoms with Crippen LogP contribution in [0.5, 0.6) is 0 Å². The summed E-state index contributed by atoms with van der Waals surface area (Å²) in [4.78, 5) is 2.13. The summed E-state index contributed by atoms with van der Waals surface area (Å²) in [6, 6.07) is 12.4. The molecule has 0 atom stereocenters. The van der Waals surface area contributed by atoms with Crippen molar-refractivity contribution in [3.63, 3.8) is 0 Å². The van der Waals surface area contributed by atoms with E-state index in [9.17, 15) is 0 Å². The predicted molar refractivity (Wildman–Crippen MR) is 84.5 cm³/mol. The molecule has 0 radical (unpaired) electrons. The molecule has 2 N–H and O–H groups in total. The normalized spacial score (nSPS) is 10.5. The molecule has 3 heteroatoms. The Labute approximate surface area is 119 Å². The van der Waals surface area contributed by atoms with E-state index in [-0.39, 0.29) is 0 Å². The summed E-state index contributed by atoms with van der Waals surface area (Å²) in [6.07, 6.45) is 1.05. The lowest BCUT2D eigenvalue weighted by molar-refractivity contribution is 1.13. The second-order valence-electron chi connectivity index (χ2n) is 4.74. The summed E-state index contributed by atoms with van der Waals surface area (Å²) < 4.78 is 0. The van der Waals surface area contributed by atoms with Crippen LogP contribution >= 0.6 is 11.6 Å². The van der Waals surface area contributed by atoms with E-state index in [0.29, 0.717) is 10.7 Å². The van der Waals surface area contributed by atoms with E-state index in [4.69, 9.17) is 17.3 Å². The molecule has 19 heavy (non-hydrogen) atoms. The summed E-state index contributed by atoms with van der Waals surface area (Å²) in [6.45, 7) is 4.20. The average Bonchev–Trinajstić information content (AvgIpc) is 2.42. The molecule has 2 aromatic rings. The summed E-state index contributed by atoms with van der Waals surface area (Å²) in [5.41, 5.74) is 11.1. The van der Waals surface area contributed by atoms with Crippen LogP contribution in [-0.4, -0.2) is 7.05 Å². The van der Waals surface area contributed by atoms with Crippen molar-refractivity contribution in [1.82, 2.24) is 0 Å². The summed E-state index contributed by atoms with van der Waals surface area (Å²) in [7, 11) is 2.04. The molecular formula is C16H19ClN2. The smallest absolute Gasteiger partial charge is 0.0656 e. The SMILES string of the molecule is CCc1ccc(N(C)c2cc(Cl)c(N)cc2C)cc1. The third kappa shape index (κ3) is 2.85. The highest BCUT2D eigenvalue weighted by Gasteiger charge is 2.09. The number of nitrogens with zero attached hydrogens (tertiary/aromatic N) is 1. The summed E-state index contributed by atoms with van der Waals surface area (Å²) >= 11 is 6.11. The lowest BCUT2D eigenvalue weighted by Crippen LogP contribution is -2.11.